The van der Waals surface area contributed by atoms with Crippen molar-refractivity contribution in [2.45, 2.75) is 19.9 Å². The zero-order chi connectivity index (χ0) is 26.7. The lowest BCUT2D eigenvalue weighted by atomic mass is 9.96. The van der Waals surface area contributed by atoms with Crippen molar-refractivity contribution in [3.8, 4) is 11.5 Å². The maximum atomic E-state index is 13.6. The molecule has 0 aliphatic carbocycles. The molecule has 2 heterocycles. The summed E-state index contributed by atoms with van der Waals surface area (Å²) < 4.78 is 12.5. The Morgan fingerprint density at radius 2 is 2.03 bits per heavy atom. The number of phenolic OH excluding ortho intramolecular Hbond substituents is 1. The minimum atomic E-state index is -0.806. The molecule has 0 amide bonds. The van der Waals surface area contributed by atoms with Crippen LogP contribution in [0.15, 0.2) is 76.2 Å². The van der Waals surface area contributed by atoms with Crippen molar-refractivity contribution in [3.05, 3.63) is 107 Å². The van der Waals surface area contributed by atoms with E-state index < -0.39 is 33.9 Å². The number of ether oxygens (including phenoxy) is 2. The number of nitro benzene ring substituents is 1. The first-order valence-corrected chi connectivity index (χ1v) is 12.1. The molecule has 0 spiro atoms. The number of aromatic nitrogens is 1. The Labute approximate surface area is 214 Å². The van der Waals surface area contributed by atoms with Gasteiger partial charge in [0.05, 0.1) is 33.4 Å². The van der Waals surface area contributed by atoms with Crippen molar-refractivity contribution in [3.63, 3.8) is 0 Å². The Hall–Kier alpha value is -4.51. The van der Waals surface area contributed by atoms with Crippen LogP contribution in [-0.4, -0.2) is 33.8 Å². The summed E-state index contributed by atoms with van der Waals surface area (Å²) in [6.45, 7) is 7.49. The van der Waals surface area contributed by atoms with Crippen molar-refractivity contribution in [2.75, 3.05) is 13.2 Å². The molecule has 0 radical (unpaired) electrons. The van der Waals surface area contributed by atoms with Gasteiger partial charge in [-0.1, -0.05) is 42.2 Å². The van der Waals surface area contributed by atoms with Crippen LogP contribution in [0.3, 0.4) is 0 Å². The predicted octanol–water partition coefficient (Wildman–Crippen LogP) is 2.98. The van der Waals surface area contributed by atoms with Crippen molar-refractivity contribution < 1.29 is 24.3 Å². The summed E-state index contributed by atoms with van der Waals surface area (Å²) in [7, 11) is 0. The second-order valence-corrected chi connectivity index (χ2v) is 8.99. The number of nitro groups is 1. The first kappa shape index (κ1) is 25.6. The van der Waals surface area contributed by atoms with Crippen LogP contribution in [0.25, 0.3) is 6.08 Å². The maximum Gasteiger partial charge on any atom is 0.338 e. The highest BCUT2D eigenvalue weighted by atomic mass is 32.1. The monoisotopic (exact) mass is 521 g/mol. The SMILES string of the molecule is C=CCOc1ccc([C@H]2C(C(=O)OCC)=C(C)N=c3s/c(=C\c4ccc(O)c([N+](=O)[O-])c4)c(=O)n32)cc1. The molecule has 0 bridgehead atoms. The van der Waals surface area contributed by atoms with E-state index in [1.54, 1.807) is 44.2 Å². The Morgan fingerprint density at radius 1 is 1.30 bits per heavy atom. The molecular formula is C26H23N3O7S. The summed E-state index contributed by atoms with van der Waals surface area (Å²) in [5.74, 6) is -0.452. The first-order valence-electron chi connectivity index (χ1n) is 11.3. The molecule has 1 N–H and O–H groups in total. The van der Waals surface area contributed by atoms with Crippen LogP contribution in [0.1, 0.15) is 31.0 Å². The number of hydrogen-bond donors (Lipinski definition) is 1. The minimum Gasteiger partial charge on any atom is -0.502 e. The molecule has 2 aromatic carbocycles. The number of thiazole rings is 1. The number of carbonyl (C=O) groups excluding carboxylic acids is 1. The Balaban J connectivity index is 1.89. The molecule has 1 atom stereocenters. The van der Waals surface area contributed by atoms with Gasteiger partial charge in [0.2, 0.25) is 0 Å². The second-order valence-electron chi connectivity index (χ2n) is 7.98. The number of rotatable bonds is 8. The van der Waals surface area contributed by atoms with Gasteiger partial charge in [0.1, 0.15) is 12.4 Å². The molecular weight excluding hydrogens is 498 g/mol. The highest BCUT2D eigenvalue weighted by molar-refractivity contribution is 7.07. The number of aromatic hydroxyl groups is 1. The van der Waals surface area contributed by atoms with Crippen LogP contribution < -0.4 is 19.6 Å². The molecule has 0 saturated carbocycles. The molecule has 37 heavy (non-hydrogen) atoms. The summed E-state index contributed by atoms with van der Waals surface area (Å²) >= 11 is 1.09. The van der Waals surface area contributed by atoms with Gasteiger partial charge in [-0.05, 0) is 49.2 Å². The number of benzene rings is 2. The molecule has 0 unspecified atom stereocenters. The maximum absolute atomic E-state index is 13.6. The molecule has 1 aliphatic heterocycles. The van der Waals surface area contributed by atoms with E-state index in [2.05, 4.69) is 11.6 Å². The molecule has 10 nitrogen and oxygen atoms in total. The number of hydrogen-bond acceptors (Lipinski definition) is 9. The van der Waals surface area contributed by atoms with Gasteiger partial charge >= 0.3 is 11.7 Å². The Bertz CT molecular complexity index is 1600. The third-order valence-corrected chi connectivity index (χ3v) is 6.56. The average Bonchev–Trinajstić information content (AvgIpc) is 3.17. The zero-order valence-electron chi connectivity index (χ0n) is 20.0. The van der Waals surface area contributed by atoms with Gasteiger partial charge in [0, 0.05) is 6.07 Å². The fourth-order valence-electron chi connectivity index (χ4n) is 3.94. The van der Waals surface area contributed by atoms with E-state index in [1.165, 1.54) is 28.8 Å². The molecule has 0 saturated heterocycles. The van der Waals surface area contributed by atoms with Crippen LogP contribution in [0, 0.1) is 10.1 Å². The zero-order valence-corrected chi connectivity index (χ0v) is 20.9. The van der Waals surface area contributed by atoms with Gasteiger partial charge in [0.15, 0.2) is 10.6 Å². The number of esters is 1. The van der Waals surface area contributed by atoms with Crippen LogP contribution in [0.2, 0.25) is 0 Å². The third kappa shape index (κ3) is 5.07. The van der Waals surface area contributed by atoms with E-state index in [4.69, 9.17) is 9.47 Å². The van der Waals surface area contributed by atoms with Crippen molar-refractivity contribution >= 4 is 29.1 Å². The molecule has 190 valence electrons. The van der Waals surface area contributed by atoms with Gasteiger partial charge in [-0.25, -0.2) is 9.79 Å². The first-order chi connectivity index (χ1) is 17.7. The summed E-state index contributed by atoms with van der Waals surface area (Å²) in [6.07, 6.45) is 3.11. The van der Waals surface area contributed by atoms with E-state index in [0.29, 0.717) is 34.0 Å². The van der Waals surface area contributed by atoms with Gasteiger partial charge in [-0.2, -0.15) is 0 Å². The highest BCUT2D eigenvalue weighted by Crippen LogP contribution is 2.32. The molecule has 3 aromatic rings. The van der Waals surface area contributed by atoms with Gasteiger partial charge in [0.25, 0.3) is 5.56 Å². The van der Waals surface area contributed by atoms with E-state index in [9.17, 15) is 24.8 Å². The fourth-order valence-corrected chi connectivity index (χ4v) is 4.98. The second kappa shape index (κ2) is 10.6. The molecule has 1 aromatic heterocycles. The number of allylic oxidation sites excluding steroid dienone is 1. The minimum absolute atomic E-state index is 0.153. The standard InChI is InChI=1S/C26H23N3O7S/c1-4-12-36-18-9-7-17(8-10-18)23-22(25(32)35-5-2)15(3)27-26-28(23)24(31)21(37-26)14-16-6-11-20(30)19(13-16)29(33)34/h4,6-11,13-14,23,30H,1,5,12H2,2-3H3/b21-14-/t23-/m0/s1. The quantitative estimate of drug-likeness (QED) is 0.208. The van der Waals surface area contributed by atoms with Crippen LogP contribution in [0.5, 0.6) is 11.5 Å². The van der Waals surface area contributed by atoms with E-state index in [-0.39, 0.29) is 16.7 Å². The molecule has 0 fully saturated rings. The van der Waals surface area contributed by atoms with Gasteiger partial charge < -0.3 is 14.6 Å². The van der Waals surface area contributed by atoms with Gasteiger partial charge in [-0.3, -0.25) is 19.5 Å². The lowest BCUT2D eigenvalue weighted by Gasteiger charge is -2.24. The molecule has 11 heteroatoms. The number of fused-ring (bicyclic) bond motifs is 1. The summed E-state index contributed by atoms with van der Waals surface area (Å²) in [5.41, 5.74) is 0.765. The number of phenols is 1. The van der Waals surface area contributed by atoms with Crippen LogP contribution in [-0.2, 0) is 9.53 Å². The highest BCUT2D eigenvalue weighted by Gasteiger charge is 2.33. The smallest absolute Gasteiger partial charge is 0.338 e. The van der Waals surface area contributed by atoms with Crippen molar-refractivity contribution in [1.29, 1.82) is 0 Å². The largest absolute Gasteiger partial charge is 0.502 e. The molecule has 4 rings (SSSR count). The number of carbonyl (C=O) groups is 1. The topological polar surface area (TPSA) is 133 Å². The Kier molecular flexibility index (Phi) is 7.35. The van der Waals surface area contributed by atoms with E-state index >= 15 is 0 Å². The third-order valence-electron chi connectivity index (χ3n) is 5.57. The van der Waals surface area contributed by atoms with Crippen molar-refractivity contribution in [2.24, 2.45) is 4.99 Å². The molecule has 1 aliphatic rings. The lowest BCUT2D eigenvalue weighted by Crippen LogP contribution is -2.39. The van der Waals surface area contributed by atoms with Gasteiger partial charge in [-0.15, -0.1) is 0 Å². The fraction of sp³-hybridized carbons (Fsp3) is 0.192. The normalized spacial score (nSPS) is 15.1. The lowest BCUT2D eigenvalue weighted by molar-refractivity contribution is -0.385. The average molecular weight is 522 g/mol. The summed E-state index contributed by atoms with van der Waals surface area (Å²) in [4.78, 5) is 42.0. The Morgan fingerprint density at radius 3 is 2.68 bits per heavy atom. The predicted molar refractivity (Wildman–Crippen MR) is 137 cm³/mol. The van der Waals surface area contributed by atoms with Crippen LogP contribution in [0.4, 0.5) is 5.69 Å². The van der Waals surface area contributed by atoms with E-state index in [0.717, 1.165) is 11.3 Å². The van der Waals surface area contributed by atoms with Crippen LogP contribution >= 0.6 is 11.3 Å². The van der Waals surface area contributed by atoms with E-state index in [1.807, 2.05) is 0 Å². The summed E-state index contributed by atoms with van der Waals surface area (Å²) in [6, 6.07) is 10.0. The number of nitrogens with zero attached hydrogens (tertiary/aromatic N) is 3. The summed E-state index contributed by atoms with van der Waals surface area (Å²) in [5, 5.41) is 21.0. The van der Waals surface area contributed by atoms with Crippen molar-refractivity contribution in [1.82, 2.24) is 4.57 Å².